The molecule has 1 amide bonds. The molecule has 7 heteroatoms. The van der Waals surface area contributed by atoms with Gasteiger partial charge < -0.3 is 15.3 Å². The standard InChI is InChI=1S/C19H27N5O2/c1-14(2)23-10-8-16(9-11-23)20-18(25)13-24-12-17(21-22-24)19(26)15-6-4-3-5-7-15/h3-7,12,14,16,19,26H,8-11,13H2,1-2H3,(H,20,25). The fourth-order valence-electron chi connectivity index (χ4n) is 3.30. The van der Waals surface area contributed by atoms with E-state index >= 15 is 0 Å². The van der Waals surface area contributed by atoms with E-state index in [1.165, 1.54) is 4.68 Å². The number of aliphatic hydroxyl groups excluding tert-OH is 1. The normalized spacial score (nSPS) is 17.4. The Labute approximate surface area is 154 Å². The van der Waals surface area contributed by atoms with Crippen molar-refractivity contribution in [1.29, 1.82) is 0 Å². The maximum absolute atomic E-state index is 12.3. The first kappa shape index (κ1) is 18.5. The van der Waals surface area contributed by atoms with Gasteiger partial charge in [-0.25, -0.2) is 4.68 Å². The number of aromatic nitrogens is 3. The summed E-state index contributed by atoms with van der Waals surface area (Å²) in [5.74, 6) is -0.0707. The third kappa shape index (κ3) is 4.68. The van der Waals surface area contributed by atoms with E-state index < -0.39 is 6.10 Å². The van der Waals surface area contributed by atoms with Crippen LogP contribution < -0.4 is 5.32 Å². The molecule has 2 aromatic rings. The molecule has 1 aliphatic rings. The molecule has 3 rings (SSSR count). The molecule has 1 atom stereocenters. The van der Waals surface area contributed by atoms with E-state index in [0.717, 1.165) is 31.5 Å². The van der Waals surface area contributed by atoms with Gasteiger partial charge in [-0.05, 0) is 32.3 Å². The molecular formula is C19H27N5O2. The summed E-state index contributed by atoms with van der Waals surface area (Å²) in [5.41, 5.74) is 1.19. The summed E-state index contributed by atoms with van der Waals surface area (Å²) in [6, 6.07) is 10.1. The number of carbonyl (C=O) groups excluding carboxylic acids is 1. The quantitative estimate of drug-likeness (QED) is 0.815. The van der Waals surface area contributed by atoms with Crippen LogP contribution in [0.3, 0.4) is 0 Å². The van der Waals surface area contributed by atoms with Gasteiger partial charge in [-0.1, -0.05) is 35.5 Å². The van der Waals surface area contributed by atoms with Gasteiger partial charge >= 0.3 is 0 Å². The first-order valence-corrected chi connectivity index (χ1v) is 9.19. The Hall–Kier alpha value is -2.25. The number of nitrogens with zero attached hydrogens (tertiary/aromatic N) is 4. The highest BCUT2D eigenvalue weighted by Crippen LogP contribution is 2.19. The Morgan fingerprint density at radius 3 is 2.62 bits per heavy atom. The van der Waals surface area contributed by atoms with Gasteiger partial charge in [0.1, 0.15) is 18.3 Å². The predicted octanol–water partition coefficient (Wildman–Crippen LogP) is 1.35. The molecule has 1 aromatic carbocycles. The van der Waals surface area contributed by atoms with Gasteiger partial charge in [0.2, 0.25) is 5.91 Å². The van der Waals surface area contributed by atoms with Crippen molar-refractivity contribution in [3.05, 3.63) is 47.8 Å². The topological polar surface area (TPSA) is 83.3 Å². The number of hydrogen-bond acceptors (Lipinski definition) is 5. The van der Waals surface area contributed by atoms with Gasteiger partial charge in [0.25, 0.3) is 0 Å². The third-order valence-electron chi connectivity index (χ3n) is 4.88. The number of aliphatic hydroxyl groups is 1. The highest BCUT2D eigenvalue weighted by atomic mass is 16.3. The van der Waals surface area contributed by atoms with Gasteiger partial charge in [0.05, 0.1) is 6.20 Å². The lowest BCUT2D eigenvalue weighted by Gasteiger charge is -2.34. The highest BCUT2D eigenvalue weighted by Gasteiger charge is 2.22. The minimum Gasteiger partial charge on any atom is -0.382 e. The second kappa shape index (κ2) is 8.42. The van der Waals surface area contributed by atoms with Crippen LogP contribution in [0.15, 0.2) is 36.5 Å². The summed E-state index contributed by atoms with van der Waals surface area (Å²) in [7, 11) is 0. The van der Waals surface area contributed by atoms with Crippen molar-refractivity contribution in [2.75, 3.05) is 13.1 Å². The fourth-order valence-corrected chi connectivity index (χ4v) is 3.30. The van der Waals surface area contributed by atoms with Crippen LogP contribution in [0.4, 0.5) is 0 Å². The smallest absolute Gasteiger partial charge is 0.242 e. The van der Waals surface area contributed by atoms with Crippen LogP contribution in [-0.4, -0.2) is 56.1 Å². The highest BCUT2D eigenvalue weighted by molar-refractivity contribution is 5.75. The second-order valence-electron chi connectivity index (χ2n) is 7.13. The van der Waals surface area contributed by atoms with Crippen molar-refractivity contribution in [2.45, 2.75) is 51.4 Å². The van der Waals surface area contributed by atoms with Gasteiger partial charge in [-0.2, -0.15) is 0 Å². The van der Waals surface area contributed by atoms with Gasteiger partial charge in [-0.3, -0.25) is 4.79 Å². The summed E-state index contributed by atoms with van der Waals surface area (Å²) in [6.07, 6.45) is 2.73. The fraction of sp³-hybridized carbons (Fsp3) is 0.526. The number of likely N-dealkylation sites (tertiary alicyclic amines) is 1. The van der Waals surface area contributed by atoms with Gasteiger partial charge in [-0.15, -0.1) is 5.10 Å². The summed E-state index contributed by atoms with van der Waals surface area (Å²) in [4.78, 5) is 14.7. The molecule has 26 heavy (non-hydrogen) atoms. The van der Waals surface area contributed by atoms with Crippen molar-refractivity contribution in [3.63, 3.8) is 0 Å². The van der Waals surface area contributed by atoms with Crippen LogP contribution in [0, 0.1) is 0 Å². The maximum Gasteiger partial charge on any atom is 0.242 e. The molecule has 1 aromatic heterocycles. The lowest BCUT2D eigenvalue weighted by molar-refractivity contribution is -0.122. The molecule has 7 nitrogen and oxygen atoms in total. The lowest BCUT2D eigenvalue weighted by Crippen LogP contribution is -2.47. The zero-order valence-electron chi connectivity index (χ0n) is 15.4. The summed E-state index contributed by atoms with van der Waals surface area (Å²) >= 11 is 0. The molecule has 0 spiro atoms. The molecule has 0 saturated carbocycles. The summed E-state index contributed by atoms with van der Waals surface area (Å²) in [6.45, 7) is 6.54. The molecule has 0 aliphatic carbocycles. The molecule has 2 heterocycles. The molecule has 0 bridgehead atoms. The van der Waals surface area contributed by atoms with E-state index in [1.54, 1.807) is 6.20 Å². The first-order valence-electron chi connectivity index (χ1n) is 9.19. The minimum absolute atomic E-state index is 0.0707. The molecule has 140 valence electrons. The average Bonchev–Trinajstić information content (AvgIpc) is 3.10. The van der Waals surface area contributed by atoms with Crippen LogP contribution in [0.2, 0.25) is 0 Å². The van der Waals surface area contributed by atoms with Crippen LogP contribution >= 0.6 is 0 Å². The predicted molar refractivity (Wildman–Crippen MR) is 98.4 cm³/mol. The summed E-state index contributed by atoms with van der Waals surface area (Å²) in [5, 5.41) is 21.4. The van der Waals surface area contributed by atoms with E-state index in [1.807, 2.05) is 30.3 Å². The van der Waals surface area contributed by atoms with Crippen LogP contribution in [-0.2, 0) is 11.3 Å². The Balaban J connectivity index is 1.50. The number of hydrogen-bond donors (Lipinski definition) is 2. The van der Waals surface area contributed by atoms with Crippen LogP contribution in [0.25, 0.3) is 0 Å². The Morgan fingerprint density at radius 1 is 1.27 bits per heavy atom. The zero-order chi connectivity index (χ0) is 18.5. The van der Waals surface area contributed by atoms with Gasteiger partial charge in [0, 0.05) is 25.2 Å². The molecule has 1 unspecified atom stereocenters. The number of carbonyl (C=O) groups is 1. The van der Waals surface area contributed by atoms with Crippen molar-refractivity contribution in [1.82, 2.24) is 25.2 Å². The second-order valence-corrected chi connectivity index (χ2v) is 7.13. The molecule has 0 radical (unpaired) electrons. The monoisotopic (exact) mass is 357 g/mol. The lowest BCUT2D eigenvalue weighted by atomic mass is 10.0. The average molecular weight is 357 g/mol. The van der Waals surface area contributed by atoms with Crippen molar-refractivity contribution in [2.24, 2.45) is 0 Å². The van der Waals surface area contributed by atoms with E-state index in [2.05, 4.69) is 34.4 Å². The number of benzene rings is 1. The third-order valence-corrected chi connectivity index (χ3v) is 4.88. The van der Waals surface area contributed by atoms with Crippen LogP contribution in [0.5, 0.6) is 0 Å². The Kier molecular flexibility index (Phi) is 6.00. The maximum atomic E-state index is 12.3. The van der Waals surface area contributed by atoms with E-state index in [0.29, 0.717) is 11.7 Å². The molecule has 1 saturated heterocycles. The zero-order valence-corrected chi connectivity index (χ0v) is 15.4. The first-order chi connectivity index (χ1) is 12.5. The Morgan fingerprint density at radius 2 is 1.96 bits per heavy atom. The minimum atomic E-state index is -0.839. The largest absolute Gasteiger partial charge is 0.382 e. The number of piperidine rings is 1. The van der Waals surface area contributed by atoms with E-state index in [4.69, 9.17) is 0 Å². The van der Waals surface area contributed by atoms with E-state index in [-0.39, 0.29) is 18.5 Å². The number of rotatable bonds is 6. The molecule has 1 aliphatic heterocycles. The number of amides is 1. The molecule has 1 fully saturated rings. The molecule has 2 N–H and O–H groups in total. The van der Waals surface area contributed by atoms with Crippen molar-refractivity contribution < 1.29 is 9.90 Å². The molecular weight excluding hydrogens is 330 g/mol. The van der Waals surface area contributed by atoms with E-state index in [9.17, 15) is 9.90 Å². The summed E-state index contributed by atoms with van der Waals surface area (Å²) < 4.78 is 1.47. The number of nitrogens with one attached hydrogen (secondary N) is 1. The van der Waals surface area contributed by atoms with Gasteiger partial charge in [0.15, 0.2) is 0 Å². The van der Waals surface area contributed by atoms with Crippen molar-refractivity contribution in [3.8, 4) is 0 Å². The SMILES string of the molecule is CC(C)N1CCC(NC(=O)Cn2cc(C(O)c3ccccc3)nn2)CC1. The van der Waals surface area contributed by atoms with Crippen LogP contribution in [0.1, 0.15) is 44.1 Å². The van der Waals surface area contributed by atoms with Crippen molar-refractivity contribution >= 4 is 5.91 Å². The Bertz CT molecular complexity index is 708.